The van der Waals surface area contributed by atoms with Gasteiger partial charge in [-0.05, 0) is 41.8 Å². The van der Waals surface area contributed by atoms with E-state index in [-0.39, 0.29) is 48.0 Å². The molecule has 5 nitrogen and oxygen atoms in total. The summed E-state index contributed by atoms with van der Waals surface area (Å²) in [4.78, 5) is 4.24. The molecule has 0 unspecified atom stereocenters. The Labute approximate surface area is 179 Å². The minimum absolute atomic E-state index is 0. The van der Waals surface area contributed by atoms with E-state index in [4.69, 9.17) is 15.2 Å². The van der Waals surface area contributed by atoms with Crippen molar-refractivity contribution in [3.05, 3.63) is 53.6 Å². The molecule has 0 aliphatic heterocycles. The lowest BCUT2D eigenvalue weighted by atomic mass is 10.1. The summed E-state index contributed by atoms with van der Waals surface area (Å²) in [6.07, 6.45) is -3.50. The highest BCUT2D eigenvalue weighted by Crippen LogP contribution is 2.30. The number of halogens is 4. The van der Waals surface area contributed by atoms with E-state index in [0.29, 0.717) is 0 Å². The number of benzene rings is 2. The van der Waals surface area contributed by atoms with E-state index in [1.807, 2.05) is 24.3 Å². The first kappa shape index (κ1) is 23.9. The van der Waals surface area contributed by atoms with Gasteiger partial charge in [-0.2, -0.15) is 13.2 Å². The topological polar surface area (TPSA) is 68.9 Å². The molecule has 0 radical (unpaired) electrons. The van der Waals surface area contributed by atoms with Crippen molar-refractivity contribution in [1.82, 2.24) is 0 Å². The maximum atomic E-state index is 12.3. The molecule has 0 heterocycles. The van der Waals surface area contributed by atoms with E-state index in [2.05, 4.69) is 17.2 Å². The molecule has 3 N–H and O–H groups in total. The summed E-state index contributed by atoms with van der Waals surface area (Å²) >= 11 is 0. The summed E-state index contributed by atoms with van der Waals surface area (Å²) in [5.74, 6) is 0.457. The van der Waals surface area contributed by atoms with E-state index in [9.17, 15) is 13.2 Å². The van der Waals surface area contributed by atoms with Crippen molar-refractivity contribution >= 4 is 35.6 Å². The number of rotatable bonds is 7. The van der Waals surface area contributed by atoms with Crippen LogP contribution >= 0.6 is 24.0 Å². The van der Waals surface area contributed by atoms with Gasteiger partial charge in [0.2, 0.25) is 0 Å². The SMILES string of the molecule is CCc1cccc(NC(N)=NCc2ccc(OCC(F)(F)F)c(OC)c2)c1.I. The number of aryl methyl sites for hydroxylation is 1. The Balaban J connectivity index is 0.00000392. The van der Waals surface area contributed by atoms with E-state index >= 15 is 0 Å². The van der Waals surface area contributed by atoms with E-state index < -0.39 is 12.8 Å². The lowest BCUT2D eigenvalue weighted by Gasteiger charge is -2.13. The van der Waals surface area contributed by atoms with Gasteiger partial charge in [-0.25, -0.2) is 4.99 Å². The van der Waals surface area contributed by atoms with Crippen LogP contribution in [0, 0.1) is 0 Å². The third-order valence-corrected chi connectivity index (χ3v) is 3.66. The van der Waals surface area contributed by atoms with Gasteiger partial charge in [0.15, 0.2) is 24.1 Å². The van der Waals surface area contributed by atoms with E-state index in [0.717, 1.165) is 17.7 Å². The highest BCUT2D eigenvalue weighted by Gasteiger charge is 2.29. The number of alkyl halides is 3. The van der Waals surface area contributed by atoms with E-state index in [1.54, 1.807) is 12.1 Å². The Bertz CT molecular complexity index is 798. The second-order valence-corrected chi connectivity index (χ2v) is 5.77. The number of hydrogen-bond donors (Lipinski definition) is 2. The second kappa shape index (κ2) is 11.0. The molecule has 0 aliphatic rings. The van der Waals surface area contributed by atoms with Crippen molar-refractivity contribution in [2.75, 3.05) is 19.0 Å². The van der Waals surface area contributed by atoms with Crippen molar-refractivity contribution in [3.8, 4) is 11.5 Å². The Morgan fingerprint density at radius 2 is 1.86 bits per heavy atom. The van der Waals surface area contributed by atoms with Gasteiger partial charge in [-0.3, -0.25) is 0 Å². The van der Waals surface area contributed by atoms with Crippen LogP contribution < -0.4 is 20.5 Å². The number of methoxy groups -OCH3 is 1. The molecule has 2 aromatic carbocycles. The Morgan fingerprint density at radius 1 is 1.11 bits per heavy atom. The summed E-state index contributed by atoms with van der Waals surface area (Å²) < 4.78 is 46.7. The van der Waals surface area contributed by atoms with Crippen molar-refractivity contribution in [2.45, 2.75) is 26.1 Å². The van der Waals surface area contributed by atoms with Gasteiger partial charge in [-0.1, -0.05) is 25.1 Å². The zero-order chi connectivity index (χ0) is 19.9. The molecule has 28 heavy (non-hydrogen) atoms. The number of ether oxygens (including phenoxy) is 2. The van der Waals surface area contributed by atoms with Gasteiger partial charge in [-0.15, -0.1) is 24.0 Å². The molecule has 0 spiro atoms. The van der Waals surface area contributed by atoms with Gasteiger partial charge in [0, 0.05) is 5.69 Å². The Hall–Kier alpha value is -2.17. The predicted molar refractivity (Wildman–Crippen MR) is 115 cm³/mol. The second-order valence-electron chi connectivity index (χ2n) is 5.77. The predicted octanol–water partition coefficient (Wildman–Crippen LogP) is 4.74. The Morgan fingerprint density at radius 3 is 2.50 bits per heavy atom. The van der Waals surface area contributed by atoms with Crippen LogP contribution in [-0.2, 0) is 13.0 Å². The minimum Gasteiger partial charge on any atom is -0.493 e. The van der Waals surface area contributed by atoms with Crippen LogP contribution in [0.3, 0.4) is 0 Å². The van der Waals surface area contributed by atoms with Gasteiger partial charge in [0.1, 0.15) is 0 Å². The molecule has 0 aromatic heterocycles. The van der Waals surface area contributed by atoms with Crippen molar-refractivity contribution in [3.63, 3.8) is 0 Å². The fourth-order valence-electron chi connectivity index (χ4n) is 2.32. The smallest absolute Gasteiger partial charge is 0.422 e. The molecule has 9 heteroatoms. The highest BCUT2D eigenvalue weighted by molar-refractivity contribution is 14.0. The largest absolute Gasteiger partial charge is 0.493 e. The number of hydrogen-bond acceptors (Lipinski definition) is 3. The van der Waals surface area contributed by atoms with Crippen LogP contribution in [-0.4, -0.2) is 25.9 Å². The number of guanidine groups is 1. The maximum absolute atomic E-state index is 12.3. The molecular formula is C19H23F3IN3O2. The molecule has 2 aromatic rings. The molecule has 0 bridgehead atoms. The average Bonchev–Trinajstić information content (AvgIpc) is 2.64. The fourth-order valence-corrected chi connectivity index (χ4v) is 2.32. The normalized spacial score (nSPS) is 11.5. The monoisotopic (exact) mass is 509 g/mol. The van der Waals surface area contributed by atoms with Crippen molar-refractivity contribution < 1.29 is 22.6 Å². The number of nitrogens with zero attached hydrogens (tertiary/aromatic N) is 1. The zero-order valence-electron chi connectivity index (χ0n) is 15.5. The molecule has 154 valence electrons. The van der Waals surface area contributed by atoms with Gasteiger partial charge in [0.05, 0.1) is 13.7 Å². The Kier molecular flexibility index (Phi) is 9.36. The van der Waals surface area contributed by atoms with Crippen molar-refractivity contribution in [2.24, 2.45) is 10.7 Å². The van der Waals surface area contributed by atoms with Crippen LogP contribution in [0.15, 0.2) is 47.5 Å². The summed E-state index contributed by atoms with van der Waals surface area (Å²) in [6, 6.07) is 12.4. The maximum Gasteiger partial charge on any atom is 0.422 e. The summed E-state index contributed by atoms with van der Waals surface area (Å²) in [5.41, 5.74) is 8.63. The van der Waals surface area contributed by atoms with Crippen LogP contribution in [0.4, 0.5) is 18.9 Å². The molecule has 0 saturated carbocycles. The van der Waals surface area contributed by atoms with Gasteiger partial charge >= 0.3 is 6.18 Å². The fraction of sp³-hybridized carbons (Fsp3) is 0.316. The number of anilines is 1. The van der Waals surface area contributed by atoms with Crippen LogP contribution in [0.25, 0.3) is 0 Å². The third kappa shape index (κ3) is 7.83. The lowest BCUT2D eigenvalue weighted by molar-refractivity contribution is -0.153. The first-order chi connectivity index (χ1) is 12.8. The molecule has 2 rings (SSSR count). The summed E-state index contributed by atoms with van der Waals surface area (Å²) in [7, 11) is 1.36. The molecule has 0 atom stereocenters. The van der Waals surface area contributed by atoms with Crippen LogP contribution in [0.2, 0.25) is 0 Å². The first-order valence-electron chi connectivity index (χ1n) is 8.33. The number of nitrogens with two attached hydrogens (primary N) is 1. The lowest BCUT2D eigenvalue weighted by Crippen LogP contribution is -2.22. The van der Waals surface area contributed by atoms with Crippen molar-refractivity contribution in [1.29, 1.82) is 0 Å². The highest BCUT2D eigenvalue weighted by atomic mass is 127. The number of nitrogens with one attached hydrogen (secondary N) is 1. The van der Waals surface area contributed by atoms with E-state index in [1.165, 1.54) is 18.7 Å². The molecule has 0 fully saturated rings. The first-order valence-corrected chi connectivity index (χ1v) is 8.33. The van der Waals surface area contributed by atoms with Crippen LogP contribution in [0.1, 0.15) is 18.1 Å². The zero-order valence-corrected chi connectivity index (χ0v) is 17.9. The minimum atomic E-state index is -4.41. The molecule has 0 amide bonds. The van der Waals surface area contributed by atoms with Crippen LogP contribution in [0.5, 0.6) is 11.5 Å². The average molecular weight is 509 g/mol. The molecule has 0 aliphatic carbocycles. The summed E-state index contributed by atoms with van der Waals surface area (Å²) in [6.45, 7) is 0.919. The quantitative estimate of drug-likeness (QED) is 0.322. The molecular weight excluding hydrogens is 486 g/mol. The molecule has 0 saturated heterocycles. The summed E-state index contributed by atoms with van der Waals surface area (Å²) in [5, 5.41) is 3.01. The standard InChI is InChI=1S/C19H22F3N3O2.HI/c1-3-13-5-4-6-15(9-13)25-18(23)24-11-14-7-8-16(17(10-14)26-2)27-12-19(20,21)22;/h4-10H,3,11-12H2,1-2H3,(H3,23,24,25);1H. The number of aliphatic imine (C=N–C) groups is 1. The van der Waals surface area contributed by atoms with Gasteiger partial charge in [0.25, 0.3) is 0 Å². The van der Waals surface area contributed by atoms with Gasteiger partial charge < -0.3 is 20.5 Å². The third-order valence-electron chi connectivity index (χ3n) is 3.66.